The van der Waals surface area contributed by atoms with Crippen molar-refractivity contribution in [2.75, 3.05) is 6.61 Å². The first-order valence-corrected chi connectivity index (χ1v) is 5.25. The molecule has 0 saturated carbocycles. The summed E-state index contributed by atoms with van der Waals surface area (Å²) in [7, 11) is 0. The first-order chi connectivity index (χ1) is 7.11. The molecule has 0 aliphatic rings. The van der Waals surface area contributed by atoms with Gasteiger partial charge in [-0.05, 0) is 18.4 Å². The average Bonchev–Trinajstić information content (AvgIpc) is 2.17. The molecule has 0 aliphatic heterocycles. The lowest BCUT2D eigenvalue weighted by atomic mass is 10.1. The first-order valence-electron chi connectivity index (χ1n) is 4.88. The standard InChI is InChI=1S/C11H14ClNO2/c1-8(2)4-6-15-11(14)9-7-13-5-3-10(9)12/h3,5,7-8H,4,6H2,1-2H3. The minimum Gasteiger partial charge on any atom is -0.462 e. The Labute approximate surface area is 94.4 Å². The van der Waals surface area contributed by atoms with Crippen LogP contribution in [-0.4, -0.2) is 17.6 Å². The van der Waals surface area contributed by atoms with Crippen LogP contribution in [0.4, 0.5) is 0 Å². The van der Waals surface area contributed by atoms with E-state index < -0.39 is 5.97 Å². The van der Waals surface area contributed by atoms with Crippen molar-refractivity contribution in [1.82, 2.24) is 4.98 Å². The summed E-state index contributed by atoms with van der Waals surface area (Å²) < 4.78 is 5.06. The summed E-state index contributed by atoms with van der Waals surface area (Å²) in [4.78, 5) is 15.3. The molecule has 1 heterocycles. The Bertz CT molecular complexity index is 339. The second-order valence-electron chi connectivity index (χ2n) is 3.67. The molecule has 0 fully saturated rings. The van der Waals surface area contributed by atoms with Crippen molar-refractivity contribution in [2.45, 2.75) is 20.3 Å². The smallest absolute Gasteiger partial charge is 0.341 e. The maximum absolute atomic E-state index is 11.5. The summed E-state index contributed by atoms with van der Waals surface area (Å²) in [6.07, 6.45) is 3.80. The Morgan fingerprint density at radius 1 is 1.60 bits per heavy atom. The molecule has 0 amide bonds. The van der Waals surface area contributed by atoms with Crippen LogP contribution in [0.1, 0.15) is 30.6 Å². The molecule has 0 bridgehead atoms. The Morgan fingerprint density at radius 3 is 2.93 bits per heavy atom. The molecule has 1 aromatic heterocycles. The highest BCUT2D eigenvalue weighted by Crippen LogP contribution is 2.14. The summed E-state index contributed by atoms with van der Waals surface area (Å²) >= 11 is 5.82. The molecule has 0 aromatic carbocycles. The zero-order valence-corrected chi connectivity index (χ0v) is 9.62. The number of rotatable bonds is 4. The van der Waals surface area contributed by atoms with Crippen LogP contribution >= 0.6 is 11.6 Å². The number of pyridine rings is 1. The fourth-order valence-corrected chi connectivity index (χ4v) is 1.18. The number of carbonyl (C=O) groups is 1. The molecule has 82 valence electrons. The van der Waals surface area contributed by atoms with Crippen LogP contribution in [0.15, 0.2) is 18.5 Å². The molecular weight excluding hydrogens is 214 g/mol. The number of hydrogen-bond acceptors (Lipinski definition) is 3. The van der Waals surface area contributed by atoms with E-state index in [1.54, 1.807) is 6.07 Å². The van der Waals surface area contributed by atoms with Gasteiger partial charge < -0.3 is 4.74 Å². The van der Waals surface area contributed by atoms with Gasteiger partial charge in [-0.2, -0.15) is 0 Å². The molecule has 0 atom stereocenters. The average molecular weight is 228 g/mol. The topological polar surface area (TPSA) is 39.2 Å². The van der Waals surface area contributed by atoms with Crippen LogP contribution in [0.3, 0.4) is 0 Å². The summed E-state index contributed by atoms with van der Waals surface area (Å²) in [5, 5.41) is 0.375. The zero-order chi connectivity index (χ0) is 11.3. The Morgan fingerprint density at radius 2 is 2.33 bits per heavy atom. The number of halogens is 1. The minimum absolute atomic E-state index is 0.322. The predicted octanol–water partition coefficient (Wildman–Crippen LogP) is 2.94. The van der Waals surface area contributed by atoms with Crippen molar-refractivity contribution in [2.24, 2.45) is 5.92 Å². The van der Waals surface area contributed by atoms with Crippen LogP contribution < -0.4 is 0 Å². The lowest BCUT2D eigenvalue weighted by molar-refractivity contribution is 0.0488. The highest BCUT2D eigenvalue weighted by atomic mass is 35.5. The third-order valence-corrected chi connectivity index (χ3v) is 2.25. The molecule has 1 aromatic rings. The van der Waals surface area contributed by atoms with Crippen LogP contribution in [0.5, 0.6) is 0 Å². The monoisotopic (exact) mass is 227 g/mol. The molecule has 0 saturated heterocycles. The van der Waals surface area contributed by atoms with E-state index in [4.69, 9.17) is 16.3 Å². The molecule has 15 heavy (non-hydrogen) atoms. The van der Waals surface area contributed by atoms with Gasteiger partial charge in [0.25, 0.3) is 0 Å². The largest absolute Gasteiger partial charge is 0.462 e. The fraction of sp³-hybridized carbons (Fsp3) is 0.455. The number of nitrogens with zero attached hydrogens (tertiary/aromatic N) is 1. The van der Waals surface area contributed by atoms with Crippen molar-refractivity contribution < 1.29 is 9.53 Å². The van der Waals surface area contributed by atoms with Gasteiger partial charge in [0, 0.05) is 12.4 Å². The van der Waals surface area contributed by atoms with Gasteiger partial charge in [-0.25, -0.2) is 4.79 Å². The van der Waals surface area contributed by atoms with Gasteiger partial charge in [0.15, 0.2) is 0 Å². The first kappa shape index (κ1) is 12.0. The van der Waals surface area contributed by atoms with Gasteiger partial charge in [-0.15, -0.1) is 0 Å². The third kappa shape index (κ3) is 3.88. The molecular formula is C11H14ClNO2. The molecule has 0 radical (unpaired) electrons. The van der Waals surface area contributed by atoms with Crippen molar-refractivity contribution in [3.63, 3.8) is 0 Å². The molecule has 0 unspecified atom stereocenters. The van der Waals surface area contributed by atoms with Crippen molar-refractivity contribution in [3.8, 4) is 0 Å². The Hall–Kier alpha value is -1.09. The summed E-state index contributed by atoms with van der Waals surface area (Å²) in [6, 6.07) is 1.57. The number of ether oxygens (including phenoxy) is 1. The molecule has 3 nitrogen and oxygen atoms in total. The van der Waals surface area contributed by atoms with Gasteiger partial charge in [0.2, 0.25) is 0 Å². The SMILES string of the molecule is CC(C)CCOC(=O)c1cnccc1Cl. The molecule has 0 N–H and O–H groups in total. The van der Waals surface area contributed by atoms with Gasteiger partial charge in [-0.1, -0.05) is 25.4 Å². The molecule has 0 aliphatic carbocycles. The molecule has 4 heteroatoms. The molecule has 1 rings (SSSR count). The van der Waals surface area contributed by atoms with E-state index in [1.807, 2.05) is 0 Å². The van der Waals surface area contributed by atoms with E-state index >= 15 is 0 Å². The number of aromatic nitrogens is 1. The highest BCUT2D eigenvalue weighted by Gasteiger charge is 2.11. The van der Waals surface area contributed by atoms with Crippen LogP contribution in [0, 0.1) is 5.92 Å². The maximum Gasteiger partial charge on any atom is 0.341 e. The maximum atomic E-state index is 11.5. The summed E-state index contributed by atoms with van der Waals surface area (Å²) in [5.41, 5.74) is 0.322. The second-order valence-corrected chi connectivity index (χ2v) is 4.08. The minimum atomic E-state index is -0.409. The summed E-state index contributed by atoms with van der Waals surface area (Å²) in [6.45, 7) is 4.57. The van der Waals surface area contributed by atoms with E-state index in [0.29, 0.717) is 23.1 Å². The number of hydrogen-bond donors (Lipinski definition) is 0. The van der Waals surface area contributed by atoms with Gasteiger partial charge in [0.1, 0.15) is 0 Å². The predicted molar refractivity (Wildman–Crippen MR) is 59.0 cm³/mol. The van der Waals surface area contributed by atoms with Crippen molar-refractivity contribution in [3.05, 3.63) is 29.0 Å². The van der Waals surface area contributed by atoms with Gasteiger partial charge in [0.05, 0.1) is 17.2 Å². The molecule has 0 spiro atoms. The lowest BCUT2D eigenvalue weighted by Crippen LogP contribution is -2.08. The highest BCUT2D eigenvalue weighted by molar-refractivity contribution is 6.33. The van der Waals surface area contributed by atoms with E-state index in [2.05, 4.69) is 18.8 Å². The third-order valence-electron chi connectivity index (χ3n) is 1.92. The van der Waals surface area contributed by atoms with Crippen molar-refractivity contribution in [1.29, 1.82) is 0 Å². The van der Waals surface area contributed by atoms with E-state index in [9.17, 15) is 4.79 Å². The van der Waals surface area contributed by atoms with Gasteiger partial charge >= 0.3 is 5.97 Å². The number of esters is 1. The van der Waals surface area contributed by atoms with E-state index in [1.165, 1.54) is 12.4 Å². The Kier molecular flexibility index (Phi) is 4.56. The zero-order valence-electron chi connectivity index (χ0n) is 8.87. The normalized spacial score (nSPS) is 10.4. The number of carbonyl (C=O) groups excluding carboxylic acids is 1. The summed E-state index contributed by atoms with van der Waals surface area (Å²) in [5.74, 6) is 0.107. The van der Waals surface area contributed by atoms with E-state index in [0.717, 1.165) is 6.42 Å². The van der Waals surface area contributed by atoms with Gasteiger partial charge in [-0.3, -0.25) is 4.98 Å². The quantitative estimate of drug-likeness (QED) is 0.743. The van der Waals surface area contributed by atoms with Crippen molar-refractivity contribution >= 4 is 17.6 Å². The Balaban J connectivity index is 2.51. The lowest BCUT2D eigenvalue weighted by Gasteiger charge is -2.07. The van der Waals surface area contributed by atoms with E-state index in [-0.39, 0.29) is 0 Å². The fourth-order valence-electron chi connectivity index (χ4n) is 0.993. The second kappa shape index (κ2) is 5.71. The van der Waals surface area contributed by atoms with Crippen LogP contribution in [-0.2, 0) is 4.74 Å². The van der Waals surface area contributed by atoms with Crippen LogP contribution in [0.2, 0.25) is 5.02 Å². The van der Waals surface area contributed by atoms with Crippen LogP contribution in [0.25, 0.3) is 0 Å².